The number of phenols is 1. The van der Waals surface area contributed by atoms with Crippen molar-refractivity contribution in [3.8, 4) is 11.8 Å². The average molecular weight is 221 g/mol. The molecule has 84 valence electrons. The molecular formula is C11H11NO4. The van der Waals surface area contributed by atoms with Crippen LogP contribution >= 0.6 is 0 Å². The number of rotatable bonds is 3. The second-order valence-corrected chi connectivity index (χ2v) is 3.02. The molecule has 0 radical (unpaired) electrons. The van der Waals surface area contributed by atoms with Gasteiger partial charge in [-0.3, -0.25) is 0 Å². The molecule has 5 nitrogen and oxygen atoms in total. The molecule has 0 bridgehead atoms. The number of aliphatic hydroxyl groups is 1. The first-order chi connectivity index (χ1) is 7.63. The lowest BCUT2D eigenvalue weighted by molar-refractivity contribution is 0.0523. The maximum atomic E-state index is 11.4. The number of nitriles is 1. The first-order valence-electron chi connectivity index (χ1n) is 4.68. The molecule has 0 aliphatic rings. The lowest BCUT2D eigenvalue weighted by Crippen LogP contribution is -2.06. The summed E-state index contributed by atoms with van der Waals surface area (Å²) in [5.41, 5.74) is 0.340. The lowest BCUT2D eigenvalue weighted by atomic mass is 10.0. The minimum Gasteiger partial charge on any atom is -0.507 e. The molecule has 1 rings (SSSR count). The number of nitrogens with zero attached hydrogens (tertiary/aromatic N) is 1. The summed E-state index contributed by atoms with van der Waals surface area (Å²) in [7, 11) is 0. The Balaban J connectivity index is 3.22. The molecule has 0 fully saturated rings. The number of aliphatic hydroxyl groups excluding tert-OH is 1. The van der Waals surface area contributed by atoms with Gasteiger partial charge in [-0.2, -0.15) is 5.26 Å². The first kappa shape index (κ1) is 12.0. The normalized spacial score (nSPS) is 9.56. The minimum atomic E-state index is -0.694. The van der Waals surface area contributed by atoms with E-state index in [4.69, 9.17) is 15.1 Å². The smallest absolute Gasteiger partial charge is 0.341 e. The molecule has 0 atom stereocenters. The van der Waals surface area contributed by atoms with Crippen molar-refractivity contribution in [2.24, 2.45) is 0 Å². The van der Waals surface area contributed by atoms with Gasteiger partial charge in [0, 0.05) is 0 Å². The van der Waals surface area contributed by atoms with E-state index >= 15 is 0 Å². The van der Waals surface area contributed by atoms with Crippen molar-refractivity contribution in [2.45, 2.75) is 13.5 Å². The molecule has 16 heavy (non-hydrogen) atoms. The molecule has 0 saturated heterocycles. The predicted molar refractivity (Wildman–Crippen MR) is 54.7 cm³/mol. The second-order valence-electron chi connectivity index (χ2n) is 3.02. The van der Waals surface area contributed by atoms with Crippen LogP contribution in [0.5, 0.6) is 5.75 Å². The Kier molecular flexibility index (Phi) is 3.86. The van der Waals surface area contributed by atoms with Crippen molar-refractivity contribution in [1.82, 2.24) is 0 Å². The zero-order valence-electron chi connectivity index (χ0n) is 8.73. The third-order valence-corrected chi connectivity index (χ3v) is 2.01. The van der Waals surface area contributed by atoms with E-state index in [9.17, 15) is 9.90 Å². The SMILES string of the molecule is CCOC(=O)c1cc(C#N)c(CO)cc1O. The van der Waals surface area contributed by atoms with E-state index in [0.29, 0.717) is 0 Å². The Hall–Kier alpha value is -2.06. The number of carbonyl (C=O) groups is 1. The highest BCUT2D eigenvalue weighted by molar-refractivity contribution is 5.93. The minimum absolute atomic E-state index is 0.0735. The summed E-state index contributed by atoms with van der Waals surface area (Å²) in [6.45, 7) is 1.45. The van der Waals surface area contributed by atoms with Crippen molar-refractivity contribution in [3.05, 3.63) is 28.8 Å². The number of phenolic OH excluding ortho intramolecular Hbond substituents is 1. The monoisotopic (exact) mass is 221 g/mol. The van der Waals surface area contributed by atoms with E-state index in [0.717, 1.165) is 0 Å². The molecule has 0 aliphatic carbocycles. The third-order valence-electron chi connectivity index (χ3n) is 2.01. The van der Waals surface area contributed by atoms with E-state index in [2.05, 4.69) is 0 Å². The number of esters is 1. The molecule has 0 spiro atoms. The largest absolute Gasteiger partial charge is 0.507 e. The highest BCUT2D eigenvalue weighted by Crippen LogP contribution is 2.23. The maximum Gasteiger partial charge on any atom is 0.341 e. The molecule has 0 unspecified atom stereocenters. The number of benzene rings is 1. The number of ether oxygens (including phenoxy) is 1. The summed E-state index contributed by atoms with van der Waals surface area (Å²) < 4.78 is 4.71. The Morgan fingerprint density at radius 1 is 1.56 bits per heavy atom. The fourth-order valence-corrected chi connectivity index (χ4v) is 1.24. The summed E-state index contributed by atoms with van der Waals surface area (Å²) in [6.07, 6.45) is 0. The Labute approximate surface area is 92.5 Å². The quantitative estimate of drug-likeness (QED) is 0.741. The van der Waals surface area contributed by atoms with Gasteiger partial charge in [-0.05, 0) is 24.6 Å². The average Bonchev–Trinajstić information content (AvgIpc) is 2.28. The Morgan fingerprint density at radius 3 is 2.75 bits per heavy atom. The summed E-state index contributed by atoms with van der Waals surface area (Å²) in [4.78, 5) is 11.4. The maximum absolute atomic E-state index is 11.4. The fraction of sp³-hybridized carbons (Fsp3) is 0.273. The van der Waals surface area contributed by atoms with Crippen molar-refractivity contribution in [3.63, 3.8) is 0 Å². The van der Waals surface area contributed by atoms with Crippen LogP contribution in [0.3, 0.4) is 0 Å². The zero-order chi connectivity index (χ0) is 12.1. The van der Waals surface area contributed by atoms with E-state index in [-0.39, 0.29) is 35.7 Å². The van der Waals surface area contributed by atoms with Gasteiger partial charge in [-0.15, -0.1) is 0 Å². The highest BCUT2D eigenvalue weighted by atomic mass is 16.5. The van der Waals surface area contributed by atoms with Gasteiger partial charge in [0.2, 0.25) is 0 Å². The van der Waals surface area contributed by atoms with Crippen LogP contribution in [0, 0.1) is 11.3 Å². The summed E-state index contributed by atoms with van der Waals surface area (Å²) in [6, 6.07) is 4.22. The molecule has 0 heterocycles. The summed E-state index contributed by atoms with van der Waals surface area (Å²) in [5, 5.41) is 27.2. The third kappa shape index (κ3) is 2.30. The van der Waals surface area contributed by atoms with Crippen LogP contribution in [0.4, 0.5) is 0 Å². The van der Waals surface area contributed by atoms with Gasteiger partial charge in [-0.25, -0.2) is 4.79 Å². The van der Waals surface area contributed by atoms with Gasteiger partial charge < -0.3 is 14.9 Å². The van der Waals surface area contributed by atoms with Crippen LogP contribution in [0.25, 0.3) is 0 Å². The molecular weight excluding hydrogens is 210 g/mol. The fourth-order valence-electron chi connectivity index (χ4n) is 1.24. The standard InChI is InChI=1S/C11H11NO4/c1-2-16-11(15)9-3-7(5-12)8(6-13)4-10(9)14/h3-4,13-14H,2,6H2,1H3. The van der Waals surface area contributed by atoms with Crippen LogP contribution in [-0.2, 0) is 11.3 Å². The van der Waals surface area contributed by atoms with Gasteiger partial charge in [0.15, 0.2) is 0 Å². The molecule has 0 aromatic heterocycles. The molecule has 1 aromatic rings. The van der Waals surface area contributed by atoms with Gasteiger partial charge in [0.25, 0.3) is 0 Å². The molecule has 2 N–H and O–H groups in total. The van der Waals surface area contributed by atoms with Gasteiger partial charge in [0.1, 0.15) is 11.3 Å². The lowest BCUT2D eigenvalue weighted by Gasteiger charge is -2.07. The van der Waals surface area contributed by atoms with E-state index in [1.165, 1.54) is 12.1 Å². The van der Waals surface area contributed by atoms with Crippen LogP contribution in [-0.4, -0.2) is 22.8 Å². The molecule has 5 heteroatoms. The van der Waals surface area contributed by atoms with Gasteiger partial charge in [-0.1, -0.05) is 0 Å². The van der Waals surface area contributed by atoms with Crippen LogP contribution in [0.15, 0.2) is 12.1 Å². The zero-order valence-corrected chi connectivity index (χ0v) is 8.73. The van der Waals surface area contributed by atoms with Gasteiger partial charge >= 0.3 is 5.97 Å². The van der Waals surface area contributed by atoms with Crippen molar-refractivity contribution in [1.29, 1.82) is 5.26 Å². The summed E-state index contributed by atoms with van der Waals surface area (Å²) >= 11 is 0. The number of carbonyl (C=O) groups excluding carboxylic acids is 1. The topological polar surface area (TPSA) is 90.6 Å². The first-order valence-corrected chi connectivity index (χ1v) is 4.68. The van der Waals surface area contributed by atoms with Crippen molar-refractivity contribution >= 4 is 5.97 Å². The molecule has 0 aliphatic heterocycles. The molecule has 0 saturated carbocycles. The number of hydrogen-bond donors (Lipinski definition) is 2. The Bertz CT molecular complexity index is 448. The highest BCUT2D eigenvalue weighted by Gasteiger charge is 2.15. The molecule has 0 amide bonds. The van der Waals surface area contributed by atoms with Crippen LogP contribution < -0.4 is 0 Å². The van der Waals surface area contributed by atoms with Crippen molar-refractivity contribution in [2.75, 3.05) is 6.61 Å². The van der Waals surface area contributed by atoms with E-state index in [1.54, 1.807) is 6.92 Å². The van der Waals surface area contributed by atoms with E-state index in [1.807, 2.05) is 6.07 Å². The van der Waals surface area contributed by atoms with Crippen LogP contribution in [0.2, 0.25) is 0 Å². The predicted octanol–water partition coefficient (Wildman–Crippen LogP) is 0.933. The number of aromatic hydroxyl groups is 1. The Morgan fingerprint density at radius 2 is 2.25 bits per heavy atom. The second kappa shape index (κ2) is 5.14. The van der Waals surface area contributed by atoms with E-state index < -0.39 is 5.97 Å². The van der Waals surface area contributed by atoms with Crippen LogP contribution in [0.1, 0.15) is 28.4 Å². The van der Waals surface area contributed by atoms with Crippen molar-refractivity contribution < 1.29 is 19.7 Å². The van der Waals surface area contributed by atoms with Gasteiger partial charge in [0.05, 0.1) is 24.8 Å². The molecule has 1 aromatic carbocycles. The summed E-state index contributed by atoms with van der Waals surface area (Å²) in [5.74, 6) is -0.998. The number of hydrogen-bond acceptors (Lipinski definition) is 5.